The Morgan fingerprint density at radius 1 is 1.17 bits per heavy atom. The number of benzene rings is 2. The molecule has 0 saturated heterocycles. The monoisotopic (exact) mass is 413 g/mol. The Labute approximate surface area is 175 Å². The van der Waals surface area contributed by atoms with Gasteiger partial charge in [0.1, 0.15) is 0 Å². The van der Waals surface area contributed by atoms with Crippen LogP contribution in [-0.2, 0) is 7.05 Å². The molecular formula is C22H24ClN3O3. The third-order valence-electron chi connectivity index (χ3n) is 4.47. The van der Waals surface area contributed by atoms with Crippen molar-refractivity contribution in [3.8, 4) is 17.2 Å². The highest BCUT2D eigenvalue weighted by Crippen LogP contribution is 2.36. The Hall–Kier alpha value is -2.99. The molecule has 0 aliphatic rings. The van der Waals surface area contributed by atoms with Gasteiger partial charge in [0.2, 0.25) is 0 Å². The van der Waals surface area contributed by atoms with Gasteiger partial charge in [0.25, 0.3) is 5.56 Å². The molecule has 1 heterocycles. The quantitative estimate of drug-likeness (QED) is 0.551. The molecule has 0 spiro atoms. The highest BCUT2D eigenvalue weighted by molar-refractivity contribution is 6.32. The molecule has 0 unspecified atom stereocenters. The van der Waals surface area contributed by atoms with Gasteiger partial charge in [0.05, 0.1) is 29.6 Å². The molecule has 0 aliphatic heterocycles. The van der Waals surface area contributed by atoms with E-state index < -0.39 is 0 Å². The first-order valence-electron chi connectivity index (χ1n) is 9.25. The first-order chi connectivity index (χ1) is 13.8. The molecule has 152 valence electrons. The van der Waals surface area contributed by atoms with Crippen LogP contribution in [0.4, 0.5) is 5.69 Å². The zero-order chi connectivity index (χ0) is 21.1. The molecule has 0 amide bonds. The minimum absolute atomic E-state index is 0.0402. The van der Waals surface area contributed by atoms with Crippen molar-refractivity contribution in [3.05, 3.63) is 69.1 Å². The van der Waals surface area contributed by atoms with E-state index in [4.69, 9.17) is 21.1 Å². The van der Waals surface area contributed by atoms with Gasteiger partial charge in [-0.15, -0.1) is 0 Å². The lowest BCUT2D eigenvalue weighted by Crippen LogP contribution is -2.19. The second-order valence-corrected chi connectivity index (χ2v) is 7.28. The number of aliphatic imine (C=N–C) groups is 1. The molecule has 0 N–H and O–H groups in total. The number of methoxy groups -OCH3 is 1. The van der Waals surface area contributed by atoms with Gasteiger partial charge < -0.3 is 9.47 Å². The van der Waals surface area contributed by atoms with E-state index in [0.29, 0.717) is 27.8 Å². The maximum Gasteiger partial charge on any atom is 0.297 e. The molecular weight excluding hydrogens is 390 g/mol. The summed E-state index contributed by atoms with van der Waals surface area (Å²) in [5, 5.41) is 0.415. The van der Waals surface area contributed by atoms with Crippen molar-refractivity contribution in [2.24, 2.45) is 12.0 Å². The number of hydrogen-bond acceptors (Lipinski definition) is 4. The molecule has 0 radical (unpaired) electrons. The predicted molar refractivity (Wildman–Crippen MR) is 117 cm³/mol. The summed E-state index contributed by atoms with van der Waals surface area (Å²) in [6.45, 7) is 5.71. The molecule has 2 aromatic carbocycles. The van der Waals surface area contributed by atoms with Gasteiger partial charge in [0, 0.05) is 13.3 Å². The molecule has 1 aromatic heterocycles. The molecule has 29 heavy (non-hydrogen) atoms. The average Bonchev–Trinajstić information content (AvgIpc) is 2.89. The van der Waals surface area contributed by atoms with Crippen LogP contribution in [0.2, 0.25) is 5.02 Å². The van der Waals surface area contributed by atoms with Crippen LogP contribution in [-0.4, -0.2) is 28.8 Å². The number of halogens is 1. The third-order valence-corrected chi connectivity index (χ3v) is 4.75. The smallest absolute Gasteiger partial charge is 0.297 e. The fourth-order valence-electron chi connectivity index (χ4n) is 3.04. The maximum absolute atomic E-state index is 13.0. The van der Waals surface area contributed by atoms with Crippen molar-refractivity contribution >= 4 is 23.5 Å². The minimum atomic E-state index is -0.189. The molecule has 0 atom stereocenters. The fraction of sp³-hybridized carbons (Fsp3) is 0.273. The lowest BCUT2D eigenvalue weighted by atomic mass is 10.2. The zero-order valence-corrected chi connectivity index (χ0v) is 17.9. The van der Waals surface area contributed by atoms with Crippen LogP contribution in [0.15, 0.2) is 52.3 Å². The lowest BCUT2D eigenvalue weighted by molar-refractivity contribution is 0.230. The van der Waals surface area contributed by atoms with Gasteiger partial charge in [-0.2, -0.15) is 0 Å². The number of hydrogen-bond donors (Lipinski definition) is 0. The van der Waals surface area contributed by atoms with Gasteiger partial charge in [-0.1, -0.05) is 29.8 Å². The van der Waals surface area contributed by atoms with E-state index >= 15 is 0 Å². The summed E-state index contributed by atoms with van der Waals surface area (Å²) in [7, 11) is 3.38. The van der Waals surface area contributed by atoms with Crippen molar-refractivity contribution < 1.29 is 9.47 Å². The molecule has 3 aromatic rings. The normalized spacial score (nSPS) is 11.4. The van der Waals surface area contributed by atoms with Crippen LogP contribution in [0.5, 0.6) is 11.5 Å². The predicted octanol–water partition coefficient (Wildman–Crippen LogP) is 4.68. The topological polar surface area (TPSA) is 57.8 Å². The van der Waals surface area contributed by atoms with E-state index in [2.05, 4.69) is 4.99 Å². The van der Waals surface area contributed by atoms with Crippen LogP contribution < -0.4 is 15.0 Å². The van der Waals surface area contributed by atoms with E-state index in [1.165, 1.54) is 0 Å². The van der Waals surface area contributed by atoms with Crippen molar-refractivity contribution in [1.82, 2.24) is 9.36 Å². The summed E-state index contributed by atoms with van der Waals surface area (Å²) in [4.78, 5) is 17.4. The Morgan fingerprint density at radius 2 is 1.86 bits per heavy atom. The van der Waals surface area contributed by atoms with Crippen LogP contribution >= 0.6 is 11.6 Å². The van der Waals surface area contributed by atoms with E-state index in [0.717, 1.165) is 11.4 Å². The summed E-state index contributed by atoms with van der Waals surface area (Å²) in [6, 6.07) is 13.0. The summed E-state index contributed by atoms with van der Waals surface area (Å²) in [6.07, 6.45) is 1.57. The molecule has 3 rings (SSSR count). The standard InChI is InChI=1S/C22H24ClN3O3/c1-14(2)29-19-12-16(11-18(23)21(19)28-5)13-24-20-15(3)25(4)26(22(20)27)17-9-7-6-8-10-17/h6-14H,1-5H3. The molecule has 0 fully saturated rings. The first kappa shape index (κ1) is 20.7. The number of aromatic nitrogens is 2. The first-order valence-corrected chi connectivity index (χ1v) is 9.63. The molecule has 7 heteroatoms. The van der Waals surface area contributed by atoms with Crippen LogP contribution in [0.25, 0.3) is 5.69 Å². The number of nitrogens with zero attached hydrogens (tertiary/aromatic N) is 3. The summed E-state index contributed by atoms with van der Waals surface area (Å²) in [5.74, 6) is 1.00. The fourth-order valence-corrected chi connectivity index (χ4v) is 3.34. The Morgan fingerprint density at radius 3 is 2.48 bits per heavy atom. The molecule has 0 bridgehead atoms. The third kappa shape index (κ3) is 4.22. The average molecular weight is 414 g/mol. The van der Waals surface area contributed by atoms with Crippen molar-refractivity contribution in [1.29, 1.82) is 0 Å². The van der Waals surface area contributed by atoms with Crippen molar-refractivity contribution in [2.45, 2.75) is 26.9 Å². The SMILES string of the molecule is COc1c(Cl)cc(C=Nc2c(C)n(C)n(-c3ccccc3)c2=O)cc1OC(C)C. The second-order valence-electron chi connectivity index (χ2n) is 6.87. The zero-order valence-electron chi connectivity index (χ0n) is 17.1. The van der Waals surface area contributed by atoms with E-state index in [9.17, 15) is 4.79 Å². The Balaban J connectivity index is 2.03. The summed E-state index contributed by atoms with van der Waals surface area (Å²) in [5.41, 5.74) is 2.43. The summed E-state index contributed by atoms with van der Waals surface area (Å²) >= 11 is 6.34. The van der Waals surface area contributed by atoms with Crippen molar-refractivity contribution in [3.63, 3.8) is 0 Å². The van der Waals surface area contributed by atoms with E-state index in [1.54, 1.807) is 34.8 Å². The van der Waals surface area contributed by atoms with Crippen LogP contribution in [0, 0.1) is 6.92 Å². The maximum atomic E-state index is 13.0. The summed E-state index contributed by atoms with van der Waals surface area (Å²) < 4.78 is 14.5. The highest BCUT2D eigenvalue weighted by atomic mass is 35.5. The van der Waals surface area contributed by atoms with Gasteiger partial charge >= 0.3 is 0 Å². The number of ether oxygens (including phenoxy) is 2. The molecule has 0 saturated carbocycles. The lowest BCUT2D eigenvalue weighted by Gasteiger charge is -2.15. The van der Waals surface area contributed by atoms with Gasteiger partial charge in [-0.25, -0.2) is 9.67 Å². The number of para-hydroxylation sites is 1. The molecule has 0 aliphatic carbocycles. The van der Waals surface area contributed by atoms with Gasteiger partial charge in [-0.3, -0.25) is 9.48 Å². The van der Waals surface area contributed by atoms with E-state index in [-0.39, 0.29) is 11.7 Å². The second kappa shape index (κ2) is 8.57. The number of rotatable bonds is 6. The minimum Gasteiger partial charge on any atom is -0.491 e. The van der Waals surface area contributed by atoms with E-state index in [1.807, 2.05) is 58.2 Å². The van der Waals surface area contributed by atoms with Crippen molar-refractivity contribution in [2.75, 3.05) is 7.11 Å². The Kier molecular flexibility index (Phi) is 6.13. The Bertz CT molecular complexity index is 1100. The highest BCUT2D eigenvalue weighted by Gasteiger charge is 2.16. The van der Waals surface area contributed by atoms with Crippen LogP contribution in [0.1, 0.15) is 25.1 Å². The van der Waals surface area contributed by atoms with Crippen LogP contribution in [0.3, 0.4) is 0 Å². The van der Waals surface area contributed by atoms with Gasteiger partial charge in [-0.05, 0) is 50.6 Å². The molecule has 6 nitrogen and oxygen atoms in total. The largest absolute Gasteiger partial charge is 0.491 e. The van der Waals surface area contributed by atoms with Gasteiger partial charge in [0.15, 0.2) is 17.2 Å².